The van der Waals surface area contributed by atoms with Gasteiger partial charge in [-0.25, -0.2) is 0 Å². The molecule has 2 rings (SSSR count). The highest BCUT2D eigenvalue weighted by Gasteiger charge is 2.34. The summed E-state index contributed by atoms with van der Waals surface area (Å²) in [6.07, 6.45) is 2.76. The van der Waals surface area contributed by atoms with Crippen molar-refractivity contribution >= 4 is 0 Å². The van der Waals surface area contributed by atoms with Crippen LogP contribution in [0.4, 0.5) is 0 Å². The van der Waals surface area contributed by atoms with Gasteiger partial charge in [-0.05, 0) is 19.8 Å². The van der Waals surface area contributed by atoms with Crippen LogP contribution in [-0.2, 0) is 4.74 Å². The summed E-state index contributed by atoms with van der Waals surface area (Å²) >= 11 is 0. The molecule has 2 aliphatic heterocycles. The van der Waals surface area contributed by atoms with E-state index in [1.54, 1.807) is 0 Å². The highest BCUT2D eigenvalue weighted by molar-refractivity contribution is 4.88. The predicted molar refractivity (Wildman–Crippen MR) is 48.0 cm³/mol. The van der Waals surface area contributed by atoms with Crippen molar-refractivity contribution in [1.29, 1.82) is 0 Å². The van der Waals surface area contributed by atoms with E-state index in [9.17, 15) is 0 Å². The zero-order valence-corrected chi connectivity index (χ0v) is 7.70. The first-order valence-electron chi connectivity index (χ1n) is 4.88. The third-order valence-electron chi connectivity index (χ3n) is 3.11. The first-order chi connectivity index (χ1) is 5.77. The molecule has 2 heterocycles. The number of likely N-dealkylation sites (tertiary alicyclic amines) is 1. The Morgan fingerprint density at radius 1 is 1.33 bits per heavy atom. The molecule has 2 atom stereocenters. The maximum atomic E-state index is 5.83. The standard InChI is InChI=1S/C9H18N2O/c1-7-9(6-12-7)11-4-2-8(10)3-5-11/h7-9H,2-6,10H2,1H3. The van der Waals surface area contributed by atoms with Crippen LogP contribution in [0.5, 0.6) is 0 Å². The van der Waals surface area contributed by atoms with Gasteiger partial charge >= 0.3 is 0 Å². The van der Waals surface area contributed by atoms with Crippen molar-refractivity contribution < 1.29 is 4.74 Å². The molecule has 0 aromatic rings. The van der Waals surface area contributed by atoms with Crippen LogP contribution in [0.2, 0.25) is 0 Å². The molecule has 70 valence electrons. The molecule has 0 aromatic heterocycles. The number of nitrogens with two attached hydrogens (primary N) is 1. The molecule has 0 aliphatic carbocycles. The minimum absolute atomic E-state index is 0.442. The van der Waals surface area contributed by atoms with E-state index in [-0.39, 0.29) is 0 Å². The van der Waals surface area contributed by atoms with E-state index in [2.05, 4.69) is 11.8 Å². The Morgan fingerprint density at radius 2 is 2.00 bits per heavy atom. The lowest BCUT2D eigenvalue weighted by Gasteiger charge is -2.45. The number of rotatable bonds is 1. The molecule has 0 aromatic carbocycles. The third-order valence-corrected chi connectivity index (χ3v) is 3.11. The SMILES string of the molecule is CC1OCC1N1CCC(N)CC1. The molecule has 2 N–H and O–H groups in total. The molecule has 0 amide bonds. The van der Waals surface area contributed by atoms with Crippen LogP contribution in [0, 0.1) is 0 Å². The molecule has 0 saturated carbocycles. The number of hydrogen-bond donors (Lipinski definition) is 1. The molecule has 0 bridgehead atoms. The number of ether oxygens (including phenoxy) is 1. The average Bonchev–Trinajstić information content (AvgIpc) is 2.06. The van der Waals surface area contributed by atoms with E-state index < -0.39 is 0 Å². The molecule has 3 heteroatoms. The largest absolute Gasteiger partial charge is 0.375 e. The molecular weight excluding hydrogens is 152 g/mol. The minimum Gasteiger partial charge on any atom is -0.375 e. The molecule has 0 radical (unpaired) electrons. The van der Waals surface area contributed by atoms with Crippen molar-refractivity contribution in [2.75, 3.05) is 19.7 Å². The first kappa shape index (κ1) is 8.48. The summed E-state index contributed by atoms with van der Waals surface area (Å²) < 4.78 is 5.35. The second kappa shape index (κ2) is 3.32. The normalized spacial score (nSPS) is 39.5. The third kappa shape index (κ3) is 1.49. The van der Waals surface area contributed by atoms with Crippen molar-refractivity contribution in [3.63, 3.8) is 0 Å². The molecule has 3 nitrogen and oxygen atoms in total. The van der Waals surface area contributed by atoms with Gasteiger partial charge in [0.25, 0.3) is 0 Å². The van der Waals surface area contributed by atoms with Crippen LogP contribution in [-0.4, -0.2) is 42.8 Å². The van der Waals surface area contributed by atoms with E-state index in [4.69, 9.17) is 10.5 Å². The predicted octanol–water partition coefficient (Wildman–Crippen LogP) is 0.197. The Labute approximate surface area is 73.9 Å². The van der Waals surface area contributed by atoms with E-state index in [0.717, 1.165) is 19.4 Å². The van der Waals surface area contributed by atoms with Crippen molar-refractivity contribution in [3.8, 4) is 0 Å². The van der Waals surface area contributed by atoms with Gasteiger partial charge in [-0.2, -0.15) is 0 Å². The van der Waals surface area contributed by atoms with E-state index in [1.165, 1.54) is 13.1 Å². The maximum Gasteiger partial charge on any atom is 0.0725 e. The van der Waals surface area contributed by atoms with Gasteiger partial charge in [0.2, 0.25) is 0 Å². The molecule has 2 saturated heterocycles. The summed E-state index contributed by atoms with van der Waals surface area (Å²) in [7, 11) is 0. The van der Waals surface area contributed by atoms with Crippen molar-refractivity contribution in [2.24, 2.45) is 5.73 Å². The number of hydrogen-bond acceptors (Lipinski definition) is 3. The lowest BCUT2D eigenvalue weighted by atomic mass is 10.00. The Kier molecular flexibility index (Phi) is 2.35. The van der Waals surface area contributed by atoms with Crippen molar-refractivity contribution in [1.82, 2.24) is 4.90 Å². The highest BCUT2D eigenvalue weighted by atomic mass is 16.5. The first-order valence-corrected chi connectivity index (χ1v) is 4.88. The fraction of sp³-hybridized carbons (Fsp3) is 1.00. The molecule has 2 fully saturated rings. The Hall–Kier alpha value is -0.120. The fourth-order valence-corrected chi connectivity index (χ4v) is 2.03. The molecule has 0 spiro atoms. The maximum absolute atomic E-state index is 5.83. The zero-order chi connectivity index (χ0) is 8.55. The van der Waals surface area contributed by atoms with Gasteiger partial charge in [0.05, 0.1) is 18.8 Å². The van der Waals surface area contributed by atoms with Gasteiger partial charge in [-0.1, -0.05) is 0 Å². The smallest absolute Gasteiger partial charge is 0.0725 e. The van der Waals surface area contributed by atoms with E-state index in [0.29, 0.717) is 18.2 Å². The number of piperidine rings is 1. The molecular formula is C9H18N2O. The van der Waals surface area contributed by atoms with E-state index >= 15 is 0 Å². The Balaban J connectivity index is 1.81. The summed E-state index contributed by atoms with van der Waals surface area (Å²) in [5, 5.41) is 0. The van der Waals surface area contributed by atoms with Gasteiger partial charge in [-0.15, -0.1) is 0 Å². The summed E-state index contributed by atoms with van der Waals surface area (Å²) in [6.45, 7) is 5.41. The van der Waals surface area contributed by atoms with Crippen LogP contribution in [0.1, 0.15) is 19.8 Å². The monoisotopic (exact) mass is 170 g/mol. The quantitative estimate of drug-likeness (QED) is 0.611. The van der Waals surface area contributed by atoms with Gasteiger partial charge in [0.15, 0.2) is 0 Å². The summed E-state index contributed by atoms with van der Waals surface area (Å²) in [5.74, 6) is 0. The molecule has 2 unspecified atom stereocenters. The van der Waals surface area contributed by atoms with Gasteiger partial charge < -0.3 is 10.5 Å². The molecule has 12 heavy (non-hydrogen) atoms. The Bertz CT molecular complexity index is 155. The Morgan fingerprint density at radius 3 is 2.42 bits per heavy atom. The van der Waals surface area contributed by atoms with Crippen molar-refractivity contribution in [2.45, 2.75) is 38.0 Å². The minimum atomic E-state index is 0.442. The highest BCUT2D eigenvalue weighted by Crippen LogP contribution is 2.21. The van der Waals surface area contributed by atoms with Crippen LogP contribution in [0.15, 0.2) is 0 Å². The van der Waals surface area contributed by atoms with Crippen LogP contribution in [0.3, 0.4) is 0 Å². The lowest BCUT2D eigenvalue weighted by Crippen LogP contribution is -2.57. The second-order valence-corrected chi connectivity index (χ2v) is 3.98. The van der Waals surface area contributed by atoms with Gasteiger partial charge in [0.1, 0.15) is 0 Å². The van der Waals surface area contributed by atoms with E-state index in [1.807, 2.05) is 0 Å². The van der Waals surface area contributed by atoms with Crippen LogP contribution >= 0.6 is 0 Å². The lowest BCUT2D eigenvalue weighted by molar-refractivity contribution is -0.128. The summed E-state index contributed by atoms with van der Waals surface area (Å²) in [6, 6.07) is 1.12. The van der Waals surface area contributed by atoms with Crippen LogP contribution < -0.4 is 5.73 Å². The number of nitrogens with zero attached hydrogens (tertiary/aromatic N) is 1. The van der Waals surface area contributed by atoms with Gasteiger partial charge in [0, 0.05) is 19.1 Å². The summed E-state index contributed by atoms with van der Waals surface area (Å²) in [5.41, 5.74) is 5.83. The molecule has 2 aliphatic rings. The summed E-state index contributed by atoms with van der Waals surface area (Å²) in [4.78, 5) is 2.53. The van der Waals surface area contributed by atoms with Crippen LogP contribution in [0.25, 0.3) is 0 Å². The topological polar surface area (TPSA) is 38.5 Å². The van der Waals surface area contributed by atoms with Crippen molar-refractivity contribution in [3.05, 3.63) is 0 Å². The zero-order valence-electron chi connectivity index (χ0n) is 7.70. The fourth-order valence-electron chi connectivity index (χ4n) is 2.03. The second-order valence-electron chi connectivity index (χ2n) is 3.98. The average molecular weight is 170 g/mol. The van der Waals surface area contributed by atoms with Gasteiger partial charge in [-0.3, -0.25) is 4.90 Å².